The summed E-state index contributed by atoms with van der Waals surface area (Å²) in [4.78, 5) is 37.6. The maximum Gasteiger partial charge on any atom is 0.410 e. The lowest BCUT2D eigenvalue weighted by molar-refractivity contribution is -0.125. The Bertz CT molecular complexity index is 1030. The number of rotatable bonds is 13. The normalized spacial score (nSPS) is 32.2. The zero-order chi connectivity index (χ0) is 30.9. The minimum atomic E-state index is -0.517. The van der Waals surface area contributed by atoms with Crippen molar-refractivity contribution in [2.75, 3.05) is 32.2 Å². The van der Waals surface area contributed by atoms with Gasteiger partial charge in [-0.1, -0.05) is 30.7 Å². The molecule has 42 heavy (non-hydrogen) atoms. The fourth-order valence-corrected chi connectivity index (χ4v) is 5.86. The summed E-state index contributed by atoms with van der Waals surface area (Å²) in [6.45, 7) is 9.22. The van der Waals surface area contributed by atoms with Gasteiger partial charge >= 0.3 is 6.09 Å². The number of nitrogens with one attached hydrogen (secondary N) is 1. The molecule has 3 N–H and O–H groups in total. The number of allylic oxidation sites excluding steroid dienone is 2. The van der Waals surface area contributed by atoms with E-state index in [1.54, 1.807) is 31.8 Å². The predicted molar refractivity (Wildman–Crippen MR) is 164 cm³/mol. The Morgan fingerprint density at radius 2 is 1.95 bits per heavy atom. The molecule has 3 heterocycles. The molecule has 1 spiro atoms. The van der Waals surface area contributed by atoms with Crippen molar-refractivity contribution in [3.05, 3.63) is 36.0 Å². The minimum absolute atomic E-state index is 0.0450. The molecule has 3 saturated heterocycles. The molecule has 0 aliphatic carbocycles. The molecule has 0 aromatic heterocycles. The summed E-state index contributed by atoms with van der Waals surface area (Å²) in [7, 11) is 1.70. The summed E-state index contributed by atoms with van der Waals surface area (Å²) in [5.74, 6) is 0.494. The number of hydrogen-bond acceptors (Lipinski definition) is 8. The number of nitrogens with two attached hydrogens (primary N) is 1. The van der Waals surface area contributed by atoms with Crippen LogP contribution in [0, 0.1) is 5.92 Å². The highest BCUT2D eigenvalue weighted by molar-refractivity contribution is 7.98. The lowest BCUT2D eigenvalue weighted by atomic mass is 9.88. The minimum Gasteiger partial charge on any atom is -0.442 e. The van der Waals surface area contributed by atoms with Gasteiger partial charge in [-0.3, -0.25) is 9.59 Å². The van der Waals surface area contributed by atoms with E-state index in [4.69, 9.17) is 24.7 Å². The number of ether oxygens (including phenoxy) is 4. The van der Waals surface area contributed by atoms with Crippen molar-refractivity contribution in [2.45, 2.75) is 102 Å². The van der Waals surface area contributed by atoms with Crippen LogP contribution < -0.4 is 11.1 Å². The highest BCUT2D eigenvalue weighted by Gasteiger charge is 2.51. The van der Waals surface area contributed by atoms with Gasteiger partial charge in [0.05, 0.1) is 49.1 Å². The second-order valence-corrected chi connectivity index (χ2v) is 12.9. The van der Waals surface area contributed by atoms with E-state index < -0.39 is 12.2 Å². The van der Waals surface area contributed by atoms with Crippen LogP contribution >= 0.6 is 11.8 Å². The molecule has 3 aliphatic rings. The largest absolute Gasteiger partial charge is 0.442 e. The summed E-state index contributed by atoms with van der Waals surface area (Å²) >= 11 is 1.66. The lowest BCUT2D eigenvalue weighted by Gasteiger charge is -2.39. The first-order valence-electron chi connectivity index (χ1n) is 14.9. The molecule has 0 saturated carbocycles. The highest BCUT2D eigenvalue weighted by Crippen LogP contribution is 2.43. The Hall–Kier alpha value is -2.34. The van der Waals surface area contributed by atoms with Gasteiger partial charge in [-0.05, 0) is 51.9 Å². The Morgan fingerprint density at radius 1 is 1.21 bits per heavy atom. The molecule has 3 amide bonds. The topological polar surface area (TPSA) is 133 Å². The van der Waals surface area contributed by atoms with Crippen molar-refractivity contribution in [2.24, 2.45) is 11.7 Å². The van der Waals surface area contributed by atoms with E-state index in [-0.39, 0.29) is 60.2 Å². The Balaban J connectivity index is 1.43. The number of hydrogen-bond donors (Lipinski definition) is 2. The summed E-state index contributed by atoms with van der Waals surface area (Å²) in [6.07, 6.45) is 13.2. The molecule has 0 bridgehead atoms. The van der Waals surface area contributed by atoms with Crippen molar-refractivity contribution < 1.29 is 33.3 Å². The van der Waals surface area contributed by atoms with Gasteiger partial charge in [0.1, 0.15) is 6.10 Å². The average Bonchev–Trinajstić information content (AvgIpc) is 3.67. The zero-order valence-corrected chi connectivity index (χ0v) is 26.7. The first kappa shape index (κ1) is 34.2. The number of thioether (sulfide) groups is 1. The van der Waals surface area contributed by atoms with Gasteiger partial charge in [-0.2, -0.15) is 11.8 Å². The van der Waals surface area contributed by atoms with Gasteiger partial charge in [-0.25, -0.2) is 4.79 Å². The van der Waals surface area contributed by atoms with Gasteiger partial charge in [0.15, 0.2) is 0 Å². The van der Waals surface area contributed by atoms with E-state index in [9.17, 15) is 14.4 Å². The van der Waals surface area contributed by atoms with Crippen LogP contribution in [-0.2, 0) is 28.5 Å². The third-order valence-corrected chi connectivity index (χ3v) is 8.65. The number of carbonyl (C=O) groups is 3. The molecular formula is C31H49N3O7S. The van der Waals surface area contributed by atoms with Crippen LogP contribution in [0.5, 0.6) is 0 Å². The molecule has 8 atom stereocenters. The zero-order valence-electron chi connectivity index (χ0n) is 25.9. The Labute approximate surface area is 254 Å². The van der Waals surface area contributed by atoms with Crippen LogP contribution in [0.15, 0.2) is 36.0 Å². The molecule has 8 unspecified atom stereocenters. The summed E-state index contributed by atoms with van der Waals surface area (Å²) in [6, 6.07) is -0.109. The van der Waals surface area contributed by atoms with Gasteiger partial charge in [0, 0.05) is 38.3 Å². The standard InChI is InChI=1S/C31H49N3O7S/c1-20(7-10-24-17-31(19-38-31)18-25(41-24)16-28(32)35)8-11-27-21(2)15-26(23(4)40-27)33-29(36)12-9-22(3)39-30(37)34(5)13-14-42-6/h7-10,12,21-27H,11,13-19H2,1-6H3,(H2,32,35)(H,33,36). The van der Waals surface area contributed by atoms with Crippen LogP contribution in [0.1, 0.15) is 59.8 Å². The molecule has 236 valence electrons. The van der Waals surface area contributed by atoms with Crippen LogP contribution in [0.25, 0.3) is 0 Å². The second-order valence-electron chi connectivity index (χ2n) is 12.0. The molecule has 0 aromatic carbocycles. The maximum absolute atomic E-state index is 12.6. The van der Waals surface area contributed by atoms with E-state index in [1.807, 2.05) is 19.3 Å². The van der Waals surface area contributed by atoms with E-state index in [0.29, 0.717) is 19.6 Å². The maximum atomic E-state index is 12.6. The smallest absolute Gasteiger partial charge is 0.410 e. The SMILES string of the molecule is CSCCN(C)C(=O)OC(C)C=CC(=O)NC1CC(C)C(CC=C(C)C=CC2CC3(CO3)CC(CC(N)=O)O2)OC1C. The van der Waals surface area contributed by atoms with Crippen molar-refractivity contribution in [1.29, 1.82) is 0 Å². The van der Waals surface area contributed by atoms with E-state index in [0.717, 1.165) is 30.6 Å². The second kappa shape index (κ2) is 15.9. The average molecular weight is 608 g/mol. The monoisotopic (exact) mass is 607 g/mol. The molecule has 0 radical (unpaired) electrons. The fraction of sp³-hybridized carbons (Fsp3) is 0.710. The number of primary amides is 1. The molecular weight excluding hydrogens is 558 g/mol. The van der Waals surface area contributed by atoms with Gasteiger partial charge in [-0.15, -0.1) is 0 Å². The molecule has 11 heteroatoms. The van der Waals surface area contributed by atoms with Crippen molar-refractivity contribution in [1.82, 2.24) is 10.2 Å². The number of carbonyl (C=O) groups excluding carboxylic acids is 3. The van der Waals surface area contributed by atoms with Crippen molar-refractivity contribution in [3.8, 4) is 0 Å². The number of nitrogens with zero attached hydrogens (tertiary/aromatic N) is 1. The molecule has 10 nitrogen and oxygen atoms in total. The first-order valence-corrected chi connectivity index (χ1v) is 16.3. The van der Waals surface area contributed by atoms with Crippen molar-refractivity contribution in [3.63, 3.8) is 0 Å². The number of epoxide rings is 1. The molecule has 3 fully saturated rings. The van der Waals surface area contributed by atoms with Crippen LogP contribution in [0.2, 0.25) is 0 Å². The van der Waals surface area contributed by atoms with Crippen LogP contribution in [0.3, 0.4) is 0 Å². The van der Waals surface area contributed by atoms with E-state index in [1.165, 1.54) is 11.0 Å². The third-order valence-electron chi connectivity index (χ3n) is 8.06. The van der Waals surface area contributed by atoms with Gasteiger partial charge in [0.2, 0.25) is 11.8 Å². The molecule has 0 aromatic rings. The quantitative estimate of drug-likeness (QED) is 0.184. The summed E-state index contributed by atoms with van der Waals surface area (Å²) in [5.41, 5.74) is 6.33. The highest BCUT2D eigenvalue weighted by atomic mass is 32.2. The summed E-state index contributed by atoms with van der Waals surface area (Å²) < 4.78 is 23.4. The van der Waals surface area contributed by atoms with Crippen LogP contribution in [0.4, 0.5) is 4.79 Å². The third kappa shape index (κ3) is 11.1. The van der Waals surface area contributed by atoms with E-state index in [2.05, 4.69) is 31.3 Å². The van der Waals surface area contributed by atoms with Crippen LogP contribution in [-0.4, -0.2) is 97.2 Å². The Morgan fingerprint density at radius 3 is 2.62 bits per heavy atom. The Kier molecular flexibility index (Phi) is 13.0. The van der Waals surface area contributed by atoms with E-state index >= 15 is 0 Å². The number of amides is 3. The predicted octanol–water partition coefficient (Wildman–Crippen LogP) is 3.75. The fourth-order valence-electron chi connectivity index (χ4n) is 5.41. The van der Waals surface area contributed by atoms with Gasteiger partial charge < -0.3 is 34.9 Å². The van der Waals surface area contributed by atoms with Crippen molar-refractivity contribution >= 4 is 29.7 Å². The molecule has 3 rings (SSSR count). The summed E-state index contributed by atoms with van der Waals surface area (Å²) in [5, 5.41) is 3.04. The molecule has 3 aliphatic heterocycles. The lowest BCUT2D eigenvalue weighted by Crippen LogP contribution is -2.50. The van der Waals surface area contributed by atoms with Gasteiger partial charge in [0.25, 0.3) is 0 Å². The first-order chi connectivity index (χ1) is 19.9.